The first-order valence-electron chi connectivity index (χ1n) is 14.9. The lowest BCUT2D eigenvalue weighted by Crippen LogP contribution is -2.40. The Bertz CT molecular complexity index is 1690. The number of Topliss-reactive ketones (excluding diaryl/α,β-unsaturated/α-hetero) is 1. The van der Waals surface area contributed by atoms with Crippen molar-refractivity contribution in [3.8, 4) is 5.69 Å². The number of benzene rings is 4. The molecule has 230 valence electrons. The molecule has 5 aromatic rings. The molecule has 0 aliphatic rings. The number of para-hydroxylation sites is 1. The van der Waals surface area contributed by atoms with Gasteiger partial charge in [-0.3, -0.25) is 14.2 Å². The fourth-order valence-electron chi connectivity index (χ4n) is 5.07. The number of carbonyl (C=O) groups excluding carboxylic acids is 1. The second-order valence-corrected chi connectivity index (χ2v) is 10.8. The minimum absolute atomic E-state index is 0.0151. The molecule has 7 heteroatoms. The third kappa shape index (κ3) is 8.71. The minimum atomic E-state index is -1.11. The van der Waals surface area contributed by atoms with Crippen molar-refractivity contribution in [2.75, 3.05) is 6.61 Å². The predicted molar refractivity (Wildman–Crippen MR) is 173 cm³/mol. The van der Waals surface area contributed by atoms with E-state index in [1.807, 2.05) is 109 Å². The van der Waals surface area contributed by atoms with Gasteiger partial charge in [0.1, 0.15) is 18.3 Å². The second kappa shape index (κ2) is 15.9. The number of carbonyl (C=O) groups is 1. The van der Waals surface area contributed by atoms with Gasteiger partial charge in [0.05, 0.1) is 32.0 Å². The highest BCUT2D eigenvalue weighted by atomic mass is 16.6. The van der Waals surface area contributed by atoms with Crippen molar-refractivity contribution in [1.29, 1.82) is 0 Å². The molecule has 0 radical (unpaired) electrons. The third-order valence-corrected chi connectivity index (χ3v) is 7.42. The zero-order valence-corrected chi connectivity index (χ0v) is 25.2. The van der Waals surface area contributed by atoms with Gasteiger partial charge in [0.15, 0.2) is 5.78 Å². The molecule has 5 rings (SSSR count). The highest BCUT2D eigenvalue weighted by Gasteiger charge is 2.33. The van der Waals surface area contributed by atoms with E-state index in [9.17, 15) is 14.7 Å². The molecule has 0 amide bonds. The van der Waals surface area contributed by atoms with Crippen LogP contribution in [0.4, 0.5) is 0 Å². The van der Waals surface area contributed by atoms with Crippen molar-refractivity contribution >= 4 is 5.78 Å². The summed E-state index contributed by atoms with van der Waals surface area (Å²) >= 11 is 0. The summed E-state index contributed by atoms with van der Waals surface area (Å²) in [5, 5.41) is 11.6. The fraction of sp³-hybridized carbons (Fsp3) is 0.211. The van der Waals surface area contributed by atoms with Crippen LogP contribution in [0.3, 0.4) is 0 Å². The van der Waals surface area contributed by atoms with Crippen LogP contribution < -0.4 is 5.56 Å². The first kappa shape index (κ1) is 31.8. The lowest BCUT2D eigenvalue weighted by Gasteiger charge is -2.32. The van der Waals surface area contributed by atoms with Gasteiger partial charge in [0.2, 0.25) is 0 Å². The van der Waals surface area contributed by atoms with E-state index < -0.39 is 23.9 Å². The summed E-state index contributed by atoms with van der Waals surface area (Å²) in [7, 11) is 0. The Hall–Kier alpha value is -4.66. The Morgan fingerprint density at radius 2 is 1.20 bits per heavy atom. The van der Waals surface area contributed by atoms with Crippen LogP contribution in [-0.4, -0.2) is 34.3 Å². The highest BCUT2D eigenvalue weighted by molar-refractivity contribution is 5.94. The molecule has 0 spiro atoms. The maximum atomic E-state index is 13.5. The SMILES string of the molecule is CC(=O)c1cc([C@@H](OCc2ccccc2)[C@@H](OCc2ccccc2)[C@H](O)COCc2ccccc2)cn(-c2ccccc2)c1=O. The number of aliphatic hydroxyl groups is 1. The van der Waals surface area contributed by atoms with Crippen molar-refractivity contribution in [3.63, 3.8) is 0 Å². The van der Waals surface area contributed by atoms with Gasteiger partial charge in [-0.25, -0.2) is 0 Å². The number of nitrogens with zero attached hydrogens (tertiary/aromatic N) is 1. The number of ketones is 1. The van der Waals surface area contributed by atoms with Crippen LogP contribution in [-0.2, 0) is 34.0 Å². The smallest absolute Gasteiger partial charge is 0.265 e. The Morgan fingerprint density at radius 3 is 1.73 bits per heavy atom. The molecule has 0 unspecified atom stereocenters. The molecule has 3 atom stereocenters. The average Bonchev–Trinajstić information content (AvgIpc) is 3.08. The quantitative estimate of drug-likeness (QED) is 0.138. The number of rotatable bonds is 15. The van der Waals surface area contributed by atoms with Gasteiger partial charge in [-0.15, -0.1) is 0 Å². The van der Waals surface area contributed by atoms with Crippen LogP contribution in [0.25, 0.3) is 5.69 Å². The van der Waals surface area contributed by atoms with E-state index >= 15 is 0 Å². The summed E-state index contributed by atoms with van der Waals surface area (Å²) in [6, 6.07) is 39.7. The summed E-state index contributed by atoms with van der Waals surface area (Å²) in [4.78, 5) is 26.2. The lowest BCUT2D eigenvalue weighted by atomic mass is 9.98. The summed E-state index contributed by atoms with van der Waals surface area (Å²) in [6.07, 6.45) is -1.25. The van der Waals surface area contributed by atoms with Crippen molar-refractivity contribution in [3.05, 3.63) is 172 Å². The summed E-state index contributed by atoms with van der Waals surface area (Å²) in [5.41, 5.74) is 3.50. The molecule has 1 heterocycles. The molecular weight excluding hydrogens is 566 g/mol. The van der Waals surface area contributed by atoms with Crippen LogP contribution >= 0.6 is 0 Å². The van der Waals surface area contributed by atoms with Crippen molar-refractivity contribution in [1.82, 2.24) is 4.57 Å². The van der Waals surface area contributed by atoms with E-state index in [4.69, 9.17) is 14.2 Å². The van der Waals surface area contributed by atoms with Gasteiger partial charge in [0.25, 0.3) is 5.56 Å². The number of pyridine rings is 1. The molecule has 1 N–H and O–H groups in total. The monoisotopic (exact) mass is 603 g/mol. The van der Waals surface area contributed by atoms with E-state index in [-0.39, 0.29) is 31.2 Å². The summed E-state index contributed by atoms with van der Waals surface area (Å²) in [5.74, 6) is -0.373. The molecule has 7 nitrogen and oxygen atoms in total. The van der Waals surface area contributed by atoms with Gasteiger partial charge in [-0.05, 0) is 41.8 Å². The van der Waals surface area contributed by atoms with Gasteiger partial charge in [-0.1, -0.05) is 109 Å². The fourth-order valence-corrected chi connectivity index (χ4v) is 5.07. The molecule has 0 saturated carbocycles. The molecule has 0 aliphatic carbocycles. The lowest BCUT2D eigenvalue weighted by molar-refractivity contribution is -0.150. The standard InChI is InChI=1S/C38H37NO6/c1-28(40)34-22-32(23-39(38(34)42)33-20-12-5-13-21-33)36(44-25-30-16-8-3-9-17-30)37(45-26-31-18-10-4-11-19-31)35(41)27-43-24-29-14-6-2-7-15-29/h2-23,35-37,41H,24-27H2,1H3/t35-,36-,37+/m1/s1. The average molecular weight is 604 g/mol. The zero-order valence-electron chi connectivity index (χ0n) is 25.2. The van der Waals surface area contributed by atoms with E-state index in [2.05, 4.69) is 0 Å². The second-order valence-electron chi connectivity index (χ2n) is 10.8. The minimum Gasteiger partial charge on any atom is -0.388 e. The molecule has 0 aliphatic heterocycles. The first-order chi connectivity index (χ1) is 22.0. The van der Waals surface area contributed by atoms with Crippen LogP contribution in [0.5, 0.6) is 0 Å². The molecular formula is C38H37NO6. The number of aliphatic hydroxyl groups excluding tert-OH is 1. The highest BCUT2D eigenvalue weighted by Crippen LogP contribution is 2.29. The maximum absolute atomic E-state index is 13.5. The molecule has 0 saturated heterocycles. The largest absolute Gasteiger partial charge is 0.388 e. The van der Waals surface area contributed by atoms with Crippen LogP contribution in [0.1, 0.15) is 45.6 Å². The third-order valence-electron chi connectivity index (χ3n) is 7.42. The molecule has 0 bridgehead atoms. The van der Waals surface area contributed by atoms with Crippen LogP contribution in [0, 0.1) is 0 Å². The van der Waals surface area contributed by atoms with E-state index in [0.717, 1.165) is 16.7 Å². The van der Waals surface area contributed by atoms with Crippen molar-refractivity contribution in [2.24, 2.45) is 0 Å². The Morgan fingerprint density at radius 1 is 0.711 bits per heavy atom. The van der Waals surface area contributed by atoms with E-state index in [0.29, 0.717) is 17.9 Å². The maximum Gasteiger partial charge on any atom is 0.265 e. The van der Waals surface area contributed by atoms with Gasteiger partial charge in [0, 0.05) is 17.4 Å². The Labute approximate surface area is 263 Å². The summed E-state index contributed by atoms with van der Waals surface area (Å²) < 4.78 is 20.4. The first-order valence-corrected chi connectivity index (χ1v) is 14.9. The number of ether oxygens (including phenoxy) is 3. The van der Waals surface area contributed by atoms with Crippen LogP contribution in [0.2, 0.25) is 0 Å². The van der Waals surface area contributed by atoms with Crippen molar-refractivity contribution < 1.29 is 24.1 Å². The molecule has 45 heavy (non-hydrogen) atoms. The number of hydrogen-bond acceptors (Lipinski definition) is 6. The van der Waals surface area contributed by atoms with Gasteiger partial charge >= 0.3 is 0 Å². The zero-order chi connectivity index (χ0) is 31.4. The molecule has 1 aromatic heterocycles. The van der Waals surface area contributed by atoms with Crippen molar-refractivity contribution in [2.45, 2.75) is 45.1 Å². The molecule has 4 aromatic carbocycles. The number of hydrogen-bond donors (Lipinski definition) is 1. The predicted octanol–water partition coefficient (Wildman–Crippen LogP) is 6.46. The Kier molecular flexibility index (Phi) is 11.2. The van der Waals surface area contributed by atoms with Crippen LogP contribution in [0.15, 0.2) is 138 Å². The van der Waals surface area contributed by atoms with Gasteiger partial charge < -0.3 is 19.3 Å². The number of aromatic nitrogens is 1. The van der Waals surface area contributed by atoms with Gasteiger partial charge in [-0.2, -0.15) is 0 Å². The topological polar surface area (TPSA) is 87.0 Å². The van der Waals surface area contributed by atoms with E-state index in [1.54, 1.807) is 24.4 Å². The summed E-state index contributed by atoms with van der Waals surface area (Å²) in [6.45, 7) is 2.05. The normalized spacial score (nSPS) is 13.2. The van der Waals surface area contributed by atoms with E-state index in [1.165, 1.54) is 11.5 Å². The molecule has 0 fully saturated rings. The Balaban J connectivity index is 1.54.